The third-order valence-corrected chi connectivity index (χ3v) is 3.93. The quantitative estimate of drug-likeness (QED) is 0.745. The summed E-state index contributed by atoms with van der Waals surface area (Å²) < 4.78 is 0. The topological polar surface area (TPSA) is 98.7 Å². The van der Waals surface area contributed by atoms with Gasteiger partial charge in [0.25, 0.3) is 0 Å². The Morgan fingerprint density at radius 3 is 2.62 bits per heavy atom. The summed E-state index contributed by atoms with van der Waals surface area (Å²) in [5.74, 6) is -0.852. The molecular weight excluding hydrogens is 310 g/mol. The number of amides is 3. The van der Waals surface area contributed by atoms with Gasteiger partial charge >= 0.3 is 12.0 Å². The third-order valence-electron chi connectivity index (χ3n) is 3.93. The number of urea groups is 1. The Bertz CT molecular complexity index is 642. The maximum absolute atomic E-state index is 12.2. The van der Waals surface area contributed by atoms with Gasteiger partial charge in [-0.1, -0.05) is 12.1 Å². The molecule has 3 N–H and O–H groups in total. The summed E-state index contributed by atoms with van der Waals surface area (Å²) in [6, 6.07) is 6.72. The van der Waals surface area contributed by atoms with Crippen LogP contribution >= 0.6 is 0 Å². The van der Waals surface area contributed by atoms with Crippen LogP contribution < -0.4 is 15.5 Å². The van der Waals surface area contributed by atoms with Crippen LogP contribution in [0.4, 0.5) is 16.2 Å². The van der Waals surface area contributed by atoms with Gasteiger partial charge in [-0.25, -0.2) is 4.79 Å². The number of benzene rings is 1. The SMILES string of the molecule is CC(C)(CCC(=O)O)NC(=O)Nc1ccccc1N1CCCC1=O. The monoisotopic (exact) mass is 333 g/mol. The van der Waals surface area contributed by atoms with Crippen LogP contribution in [0.25, 0.3) is 0 Å². The molecule has 7 nitrogen and oxygen atoms in total. The molecule has 1 aromatic rings. The van der Waals surface area contributed by atoms with Gasteiger partial charge in [-0.05, 0) is 38.8 Å². The largest absolute Gasteiger partial charge is 0.481 e. The molecule has 0 unspecified atom stereocenters. The van der Waals surface area contributed by atoms with Gasteiger partial charge in [-0.15, -0.1) is 0 Å². The number of hydrogen-bond acceptors (Lipinski definition) is 3. The first-order chi connectivity index (χ1) is 11.3. The molecule has 1 saturated heterocycles. The second-order valence-electron chi connectivity index (χ2n) is 6.52. The van der Waals surface area contributed by atoms with Gasteiger partial charge in [-0.3, -0.25) is 9.59 Å². The van der Waals surface area contributed by atoms with Gasteiger partial charge in [0, 0.05) is 24.9 Å². The van der Waals surface area contributed by atoms with Gasteiger partial charge in [-0.2, -0.15) is 0 Å². The second-order valence-corrected chi connectivity index (χ2v) is 6.52. The Kier molecular flexibility index (Phi) is 5.43. The molecule has 1 fully saturated rings. The molecule has 0 atom stereocenters. The van der Waals surface area contributed by atoms with Crippen molar-refractivity contribution >= 4 is 29.3 Å². The van der Waals surface area contributed by atoms with Crippen molar-refractivity contribution in [3.63, 3.8) is 0 Å². The summed E-state index contributed by atoms with van der Waals surface area (Å²) in [4.78, 5) is 36.5. The van der Waals surface area contributed by atoms with Crippen molar-refractivity contribution in [3.8, 4) is 0 Å². The predicted octanol–water partition coefficient (Wildman–Crippen LogP) is 2.58. The highest BCUT2D eigenvalue weighted by molar-refractivity contribution is 6.01. The Morgan fingerprint density at radius 2 is 2.00 bits per heavy atom. The number of rotatable bonds is 6. The van der Waals surface area contributed by atoms with Crippen LogP contribution in [0.3, 0.4) is 0 Å². The number of carboxylic acids is 1. The van der Waals surface area contributed by atoms with Crippen LogP contribution in [0.15, 0.2) is 24.3 Å². The minimum atomic E-state index is -0.900. The van der Waals surface area contributed by atoms with Crippen LogP contribution in [0.2, 0.25) is 0 Å². The standard InChI is InChI=1S/C17H23N3O4/c1-17(2,10-9-15(22)23)19-16(24)18-12-6-3-4-7-13(12)20-11-5-8-14(20)21/h3-4,6-7H,5,8-11H2,1-2H3,(H,22,23)(H2,18,19,24). The minimum absolute atomic E-state index is 0.0217. The second kappa shape index (κ2) is 7.33. The summed E-state index contributed by atoms with van der Waals surface area (Å²) in [6.45, 7) is 4.18. The van der Waals surface area contributed by atoms with Gasteiger partial charge in [0.05, 0.1) is 11.4 Å². The molecule has 0 aliphatic carbocycles. The molecule has 0 radical (unpaired) electrons. The summed E-state index contributed by atoms with van der Waals surface area (Å²) in [5.41, 5.74) is 0.582. The van der Waals surface area contributed by atoms with Crippen LogP contribution in [-0.2, 0) is 9.59 Å². The average Bonchev–Trinajstić information content (AvgIpc) is 2.91. The Balaban J connectivity index is 2.04. The average molecular weight is 333 g/mol. The number of hydrogen-bond donors (Lipinski definition) is 3. The minimum Gasteiger partial charge on any atom is -0.481 e. The van der Waals surface area contributed by atoms with Crippen molar-refractivity contribution in [3.05, 3.63) is 24.3 Å². The molecule has 0 saturated carbocycles. The molecule has 2 rings (SSSR count). The summed E-state index contributed by atoms with van der Waals surface area (Å²) >= 11 is 0. The van der Waals surface area contributed by atoms with E-state index >= 15 is 0 Å². The van der Waals surface area contributed by atoms with E-state index in [1.54, 1.807) is 36.9 Å². The van der Waals surface area contributed by atoms with E-state index < -0.39 is 17.5 Å². The van der Waals surface area contributed by atoms with Gasteiger partial charge in [0.1, 0.15) is 0 Å². The number of carbonyl (C=O) groups excluding carboxylic acids is 2. The van der Waals surface area contributed by atoms with Crippen LogP contribution in [0.5, 0.6) is 0 Å². The third kappa shape index (κ3) is 4.71. The van der Waals surface area contributed by atoms with Crippen molar-refractivity contribution < 1.29 is 19.5 Å². The van der Waals surface area contributed by atoms with Crippen molar-refractivity contribution in [2.75, 3.05) is 16.8 Å². The van der Waals surface area contributed by atoms with E-state index in [1.165, 1.54) is 0 Å². The fourth-order valence-corrected chi connectivity index (χ4v) is 2.66. The molecule has 1 aliphatic rings. The molecule has 7 heteroatoms. The van der Waals surface area contributed by atoms with Crippen LogP contribution in [-0.4, -0.2) is 35.1 Å². The van der Waals surface area contributed by atoms with E-state index in [1.807, 2.05) is 6.07 Å². The van der Waals surface area contributed by atoms with E-state index in [0.717, 1.165) is 6.42 Å². The Labute approximate surface area is 141 Å². The lowest BCUT2D eigenvalue weighted by molar-refractivity contribution is -0.137. The molecule has 0 aromatic heterocycles. The number of carbonyl (C=O) groups is 3. The van der Waals surface area contributed by atoms with Crippen molar-refractivity contribution in [1.29, 1.82) is 0 Å². The van der Waals surface area contributed by atoms with Crippen LogP contribution in [0, 0.1) is 0 Å². The molecule has 3 amide bonds. The highest BCUT2D eigenvalue weighted by Crippen LogP contribution is 2.29. The number of carboxylic acid groups (broad SMARTS) is 1. The number of para-hydroxylation sites is 2. The summed E-state index contributed by atoms with van der Waals surface area (Å²) in [6.07, 6.45) is 1.62. The van der Waals surface area contributed by atoms with E-state index in [0.29, 0.717) is 30.8 Å². The van der Waals surface area contributed by atoms with Gasteiger partial charge in [0.15, 0.2) is 0 Å². The zero-order chi connectivity index (χ0) is 17.7. The molecular formula is C17H23N3O4. The van der Waals surface area contributed by atoms with Crippen molar-refractivity contribution in [1.82, 2.24) is 5.32 Å². The van der Waals surface area contributed by atoms with E-state index in [9.17, 15) is 14.4 Å². The Morgan fingerprint density at radius 1 is 1.29 bits per heavy atom. The summed E-state index contributed by atoms with van der Waals surface area (Å²) in [5, 5.41) is 14.3. The summed E-state index contributed by atoms with van der Waals surface area (Å²) in [7, 11) is 0. The van der Waals surface area contributed by atoms with Crippen molar-refractivity contribution in [2.24, 2.45) is 0 Å². The maximum atomic E-state index is 12.2. The van der Waals surface area contributed by atoms with Crippen LogP contribution in [0.1, 0.15) is 39.5 Å². The van der Waals surface area contributed by atoms with E-state index in [4.69, 9.17) is 5.11 Å². The fraction of sp³-hybridized carbons (Fsp3) is 0.471. The molecule has 1 aliphatic heterocycles. The zero-order valence-electron chi connectivity index (χ0n) is 14.0. The smallest absolute Gasteiger partial charge is 0.319 e. The zero-order valence-corrected chi connectivity index (χ0v) is 14.0. The highest BCUT2D eigenvalue weighted by Gasteiger charge is 2.25. The molecule has 0 bridgehead atoms. The first-order valence-corrected chi connectivity index (χ1v) is 7.99. The number of nitrogens with one attached hydrogen (secondary N) is 2. The number of nitrogens with zero attached hydrogens (tertiary/aromatic N) is 1. The highest BCUT2D eigenvalue weighted by atomic mass is 16.4. The lowest BCUT2D eigenvalue weighted by Gasteiger charge is -2.26. The molecule has 1 heterocycles. The molecule has 130 valence electrons. The first-order valence-electron chi connectivity index (χ1n) is 7.99. The number of aliphatic carboxylic acids is 1. The fourth-order valence-electron chi connectivity index (χ4n) is 2.66. The Hall–Kier alpha value is -2.57. The maximum Gasteiger partial charge on any atom is 0.319 e. The normalized spacial score (nSPS) is 14.6. The molecule has 1 aromatic carbocycles. The van der Waals surface area contributed by atoms with Gasteiger partial charge < -0.3 is 20.6 Å². The van der Waals surface area contributed by atoms with E-state index in [-0.39, 0.29) is 12.3 Å². The van der Waals surface area contributed by atoms with E-state index in [2.05, 4.69) is 10.6 Å². The molecule has 24 heavy (non-hydrogen) atoms. The first kappa shape index (κ1) is 17.8. The van der Waals surface area contributed by atoms with Gasteiger partial charge in [0.2, 0.25) is 5.91 Å². The molecule has 0 spiro atoms. The number of anilines is 2. The van der Waals surface area contributed by atoms with Crippen molar-refractivity contribution in [2.45, 2.75) is 45.1 Å². The predicted molar refractivity (Wildman–Crippen MR) is 91.1 cm³/mol. The lowest BCUT2D eigenvalue weighted by atomic mass is 9.99. The lowest BCUT2D eigenvalue weighted by Crippen LogP contribution is -2.46.